The van der Waals surface area contributed by atoms with Gasteiger partial charge in [-0.05, 0) is 11.1 Å². The van der Waals surface area contributed by atoms with Crippen molar-refractivity contribution < 1.29 is 9.59 Å². The summed E-state index contributed by atoms with van der Waals surface area (Å²) in [5, 5.41) is 0. The van der Waals surface area contributed by atoms with Crippen LogP contribution in [0.4, 0.5) is 4.79 Å². The minimum Gasteiger partial charge on any atom is -0.308 e. The van der Waals surface area contributed by atoms with Crippen LogP contribution in [0.1, 0.15) is 11.1 Å². The molecule has 3 rings (SSSR count). The van der Waals surface area contributed by atoms with Crippen LogP contribution in [0, 0.1) is 0 Å². The molecule has 1 heterocycles. The number of hydrogen-bond acceptors (Lipinski definition) is 2. The molecule has 4 heteroatoms. The quantitative estimate of drug-likeness (QED) is 0.605. The lowest BCUT2D eigenvalue weighted by atomic mass is 10.0. The van der Waals surface area contributed by atoms with Crippen LogP contribution >= 0.6 is 0 Å². The standard InChI is InChI=1S/C20H20N2O2/c1-2-13-21-18(14-16-9-5-3-6-10-16)19(23)22(20(21)24)15-17-11-7-4-8-12-17/h2-12,18H,1,13-15H2. The van der Waals surface area contributed by atoms with Crippen molar-refractivity contribution in [3.63, 3.8) is 0 Å². The van der Waals surface area contributed by atoms with Gasteiger partial charge in [0.25, 0.3) is 5.91 Å². The van der Waals surface area contributed by atoms with E-state index in [1.807, 2.05) is 60.7 Å². The summed E-state index contributed by atoms with van der Waals surface area (Å²) in [6.45, 7) is 4.38. The minimum absolute atomic E-state index is 0.144. The molecule has 1 aliphatic heterocycles. The smallest absolute Gasteiger partial charge is 0.308 e. The summed E-state index contributed by atoms with van der Waals surface area (Å²) in [6, 6.07) is 18.6. The van der Waals surface area contributed by atoms with Crippen LogP contribution in [0.2, 0.25) is 0 Å². The molecule has 1 aliphatic rings. The lowest BCUT2D eigenvalue weighted by Gasteiger charge is -2.20. The van der Waals surface area contributed by atoms with Crippen molar-refractivity contribution in [3.8, 4) is 0 Å². The van der Waals surface area contributed by atoms with E-state index in [0.717, 1.165) is 11.1 Å². The van der Waals surface area contributed by atoms with Gasteiger partial charge in [-0.25, -0.2) is 4.79 Å². The highest BCUT2D eigenvalue weighted by Gasteiger charge is 2.44. The van der Waals surface area contributed by atoms with E-state index in [-0.39, 0.29) is 11.9 Å². The van der Waals surface area contributed by atoms with E-state index < -0.39 is 6.04 Å². The van der Waals surface area contributed by atoms with E-state index in [4.69, 9.17) is 0 Å². The molecule has 2 aromatic rings. The zero-order valence-electron chi connectivity index (χ0n) is 13.5. The summed E-state index contributed by atoms with van der Waals surface area (Å²) in [7, 11) is 0. The Hall–Kier alpha value is -2.88. The second-order valence-electron chi connectivity index (χ2n) is 5.84. The summed E-state index contributed by atoms with van der Waals surface area (Å²) in [6.07, 6.45) is 2.18. The lowest BCUT2D eigenvalue weighted by Crippen LogP contribution is -2.36. The first-order chi connectivity index (χ1) is 11.7. The summed E-state index contributed by atoms with van der Waals surface area (Å²) in [4.78, 5) is 28.5. The van der Waals surface area contributed by atoms with Gasteiger partial charge in [0.1, 0.15) is 6.04 Å². The first-order valence-electron chi connectivity index (χ1n) is 8.01. The molecule has 3 amide bonds. The van der Waals surface area contributed by atoms with Crippen molar-refractivity contribution >= 4 is 11.9 Å². The molecule has 0 aliphatic carbocycles. The molecule has 1 fully saturated rings. The highest BCUT2D eigenvalue weighted by molar-refractivity contribution is 6.04. The van der Waals surface area contributed by atoms with Crippen molar-refractivity contribution in [2.24, 2.45) is 0 Å². The molecule has 4 nitrogen and oxygen atoms in total. The molecule has 0 bridgehead atoms. The van der Waals surface area contributed by atoms with Crippen LogP contribution in [-0.4, -0.2) is 34.3 Å². The Morgan fingerprint density at radius 1 is 0.917 bits per heavy atom. The summed E-state index contributed by atoms with van der Waals surface area (Å²) in [5.41, 5.74) is 1.98. The first kappa shape index (κ1) is 16.0. The van der Waals surface area contributed by atoms with Gasteiger partial charge < -0.3 is 4.90 Å². The molecule has 0 aromatic heterocycles. The largest absolute Gasteiger partial charge is 0.328 e. The van der Waals surface area contributed by atoms with Gasteiger partial charge in [-0.1, -0.05) is 66.7 Å². The number of hydrogen-bond donors (Lipinski definition) is 0. The monoisotopic (exact) mass is 320 g/mol. The molecule has 1 saturated heterocycles. The fourth-order valence-corrected chi connectivity index (χ4v) is 2.99. The van der Waals surface area contributed by atoms with Gasteiger partial charge in [-0.2, -0.15) is 0 Å². The zero-order valence-corrected chi connectivity index (χ0v) is 13.5. The Labute approximate surface area is 142 Å². The van der Waals surface area contributed by atoms with E-state index in [0.29, 0.717) is 19.5 Å². The fourth-order valence-electron chi connectivity index (χ4n) is 2.99. The van der Waals surface area contributed by atoms with Crippen LogP contribution in [0.15, 0.2) is 73.3 Å². The molecule has 0 radical (unpaired) electrons. The van der Waals surface area contributed by atoms with Crippen LogP contribution in [0.3, 0.4) is 0 Å². The van der Waals surface area contributed by atoms with Crippen molar-refractivity contribution in [2.75, 3.05) is 6.54 Å². The van der Waals surface area contributed by atoms with Crippen LogP contribution in [-0.2, 0) is 17.8 Å². The van der Waals surface area contributed by atoms with Crippen molar-refractivity contribution in [1.82, 2.24) is 9.80 Å². The maximum atomic E-state index is 12.8. The predicted molar refractivity (Wildman–Crippen MR) is 93.2 cm³/mol. The van der Waals surface area contributed by atoms with E-state index >= 15 is 0 Å². The van der Waals surface area contributed by atoms with Crippen molar-refractivity contribution in [3.05, 3.63) is 84.4 Å². The Bertz CT molecular complexity index is 728. The van der Waals surface area contributed by atoms with Crippen molar-refractivity contribution in [1.29, 1.82) is 0 Å². The van der Waals surface area contributed by atoms with Gasteiger partial charge in [-0.3, -0.25) is 9.69 Å². The highest BCUT2D eigenvalue weighted by atomic mass is 16.2. The number of urea groups is 1. The van der Waals surface area contributed by atoms with E-state index in [9.17, 15) is 9.59 Å². The van der Waals surface area contributed by atoms with Crippen LogP contribution < -0.4 is 0 Å². The number of carbonyl (C=O) groups is 2. The van der Waals surface area contributed by atoms with Gasteiger partial charge in [0, 0.05) is 13.0 Å². The highest BCUT2D eigenvalue weighted by Crippen LogP contribution is 2.23. The second kappa shape index (κ2) is 7.13. The van der Waals surface area contributed by atoms with Gasteiger partial charge in [0.05, 0.1) is 6.54 Å². The number of benzene rings is 2. The molecule has 0 saturated carbocycles. The first-order valence-corrected chi connectivity index (χ1v) is 8.01. The Balaban J connectivity index is 1.83. The third-order valence-corrected chi connectivity index (χ3v) is 4.19. The van der Waals surface area contributed by atoms with Gasteiger partial charge >= 0.3 is 6.03 Å². The lowest BCUT2D eigenvalue weighted by molar-refractivity contribution is -0.128. The predicted octanol–water partition coefficient (Wildman–Crippen LogP) is 3.25. The third kappa shape index (κ3) is 3.23. The van der Waals surface area contributed by atoms with E-state index in [1.165, 1.54) is 4.90 Å². The van der Waals surface area contributed by atoms with E-state index in [1.54, 1.807) is 11.0 Å². The molecule has 1 atom stereocenters. The number of imide groups is 1. The molecule has 2 aromatic carbocycles. The molecule has 0 N–H and O–H groups in total. The number of carbonyl (C=O) groups excluding carboxylic acids is 2. The summed E-state index contributed by atoms with van der Waals surface area (Å²) < 4.78 is 0. The molecule has 0 spiro atoms. The Morgan fingerprint density at radius 3 is 2.08 bits per heavy atom. The minimum atomic E-state index is -0.471. The van der Waals surface area contributed by atoms with Crippen LogP contribution in [0.5, 0.6) is 0 Å². The normalized spacial score (nSPS) is 17.4. The molecule has 1 unspecified atom stereocenters. The van der Waals surface area contributed by atoms with Gasteiger partial charge in [-0.15, -0.1) is 6.58 Å². The number of nitrogens with zero attached hydrogens (tertiary/aromatic N) is 2. The van der Waals surface area contributed by atoms with E-state index in [2.05, 4.69) is 6.58 Å². The summed E-state index contributed by atoms with van der Waals surface area (Å²) >= 11 is 0. The maximum absolute atomic E-state index is 12.8. The topological polar surface area (TPSA) is 40.6 Å². The average molecular weight is 320 g/mol. The number of amides is 3. The summed E-state index contributed by atoms with van der Waals surface area (Å²) in [5.74, 6) is -0.144. The molecule has 24 heavy (non-hydrogen) atoms. The zero-order chi connectivity index (χ0) is 16.9. The second-order valence-corrected chi connectivity index (χ2v) is 5.84. The van der Waals surface area contributed by atoms with Crippen LogP contribution in [0.25, 0.3) is 0 Å². The SMILES string of the molecule is C=CCN1C(=O)N(Cc2ccccc2)C(=O)C1Cc1ccccc1. The molecular weight excluding hydrogens is 300 g/mol. The van der Waals surface area contributed by atoms with Crippen molar-refractivity contribution in [2.45, 2.75) is 19.0 Å². The fraction of sp³-hybridized carbons (Fsp3) is 0.200. The molecular formula is C20H20N2O2. The maximum Gasteiger partial charge on any atom is 0.328 e. The Morgan fingerprint density at radius 2 is 1.50 bits per heavy atom. The number of rotatable bonds is 6. The van der Waals surface area contributed by atoms with Gasteiger partial charge in [0.15, 0.2) is 0 Å². The third-order valence-electron chi connectivity index (χ3n) is 4.19. The molecule has 122 valence electrons. The average Bonchev–Trinajstić information content (AvgIpc) is 2.82. The van der Waals surface area contributed by atoms with Gasteiger partial charge in [0.2, 0.25) is 0 Å². The Kier molecular flexibility index (Phi) is 4.75.